The second-order valence-electron chi connectivity index (χ2n) is 3.99. The Kier molecular flexibility index (Phi) is 6.12. The summed E-state index contributed by atoms with van der Waals surface area (Å²) >= 11 is 5.72. The minimum atomic E-state index is 0.524. The van der Waals surface area contributed by atoms with Gasteiger partial charge in [-0.3, -0.25) is 0 Å². The molecule has 1 N–H and O–H groups in total. The molecule has 1 rings (SSSR count). The molecule has 0 aromatic carbocycles. The third kappa shape index (κ3) is 5.29. The second kappa shape index (κ2) is 7.42. The molecule has 1 atom stereocenters. The maximum Gasteiger partial charge on any atom is 0.129 e. The zero-order valence-electron chi connectivity index (χ0n) is 9.75. The summed E-state index contributed by atoms with van der Waals surface area (Å²) in [5.41, 5.74) is 1.17. The summed E-state index contributed by atoms with van der Waals surface area (Å²) in [7, 11) is 0. The highest BCUT2D eigenvalue weighted by Gasteiger charge is 2.01. The highest BCUT2D eigenvalue weighted by molar-refractivity contribution is 6.29. The van der Waals surface area contributed by atoms with E-state index >= 15 is 0 Å². The van der Waals surface area contributed by atoms with Crippen LogP contribution in [-0.4, -0.2) is 11.0 Å². The van der Waals surface area contributed by atoms with Crippen molar-refractivity contribution >= 4 is 11.6 Å². The highest BCUT2D eigenvalue weighted by Crippen LogP contribution is 2.06. The van der Waals surface area contributed by atoms with Crippen LogP contribution in [0, 0.1) is 0 Å². The summed E-state index contributed by atoms with van der Waals surface area (Å²) in [5.74, 6) is 0. The summed E-state index contributed by atoms with van der Waals surface area (Å²) in [6, 6.07) is 4.34. The van der Waals surface area contributed by atoms with Gasteiger partial charge in [-0.2, -0.15) is 0 Å². The first-order valence-corrected chi connectivity index (χ1v) is 6.05. The molecule has 3 heteroatoms. The minimum Gasteiger partial charge on any atom is -0.310 e. The first-order valence-electron chi connectivity index (χ1n) is 5.67. The summed E-state index contributed by atoms with van der Waals surface area (Å²) < 4.78 is 0. The minimum absolute atomic E-state index is 0.524. The van der Waals surface area contributed by atoms with Crippen LogP contribution < -0.4 is 5.32 Å². The Morgan fingerprint density at radius 2 is 2.38 bits per heavy atom. The fraction of sp³-hybridized carbons (Fsp3) is 0.462. The quantitative estimate of drug-likeness (QED) is 0.446. The number of hydrogen-bond donors (Lipinski definition) is 1. The fourth-order valence-corrected chi connectivity index (χ4v) is 1.59. The number of aromatic nitrogens is 1. The van der Waals surface area contributed by atoms with E-state index in [-0.39, 0.29) is 0 Å². The van der Waals surface area contributed by atoms with Crippen molar-refractivity contribution < 1.29 is 0 Å². The van der Waals surface area contributed by atoms with Crippen molar-refractivity contribution in [3.05, 3.63) is 41.7 Å². The lowest BCUT2D eigenvalue weighted by atomic mass is 10.1. The van der Waals surface area contributed by atoms with Crippen molar-refractivity contribution in [3.8, 4) is 0 Å². The van der Waals surface area contributed by atoms with E-state index < -0.39 is 0 Å². The van der Waals surface area contributed by atoms with Gasteiger partial charge in [0.1, 0.15) is 5.15 Å². The second-order valence-corrected chi connectivity index (χ2v) is 4.38. The van der Waals surface area contributed by atoms with Crippen LogP contribution in [-0.2, 0) is 6.54 Å². The lowest BCUT2D eigenvalue weighted by Crippen LogP contribution is -2.25. The predicted molar refractivity (Wildman–Crippen MR) is 69.6 cm³/mol. The Hall–Kier alpha value is -0.860. The molecular formula is C13H19ClN2. The zero-order valence-corrected chi connectivity index (χ0v) is 10.5. The Balaban J connectivity index is 2.23. The van der Waals surface area contributed by atoms with E-state index in [0.29, 0.717) is 11.2 Å². The number of halogens is 1. The average Bonchev–Trinajstić information content (AvgIpc) is 2.29. The van der Waals surface area contributed by atoms with E-state index in [0.717, 1.165) is 13.0 Å². The van der Waals surface area contributed by atoms with Crippen molar-refractivity contribution in [2.45, 2.75) is 38.8 Å². The maximum atomic E-state index is 5.72. The molecule has 0 bridgehead atoms. The van der Waals surface area contributed by atoms with Gasteiger partial charge in [0, 0.05) is 18.8 Å². The number of unbranched alkanes of at least 4 members (excludes halogenated alkanes) is 1. The maximum absolute atomic E-state index is 5.72. The molecule has 1 aromatic rings. The summed E-state index contributed by atoms with van der Waals surface area (Å²) in [6.45, 7) is 6.77. The largest absolute Gasteiger partial charge is 0.310 e. The first-order chi connectivity index (χ1) is 7.72. The van der Waals surface area contributed by atoms with Crippen LogP contribution in [0.15, 0.2) is 31.0 Å². The van der Waals surface area contributed by atoms with Gasteiger partial charge >= 0.3 is 0 Å². The normalized spacial score (nSPS) is 12.4. The first kappa shape index (κ1) is 13.2. The van der Waals surface area contributed by atoms with Crippen molar-refractivity contribution in [1.82, 2.24) is 10.3 Å². The van der Waals surface area contributed by atoms with Crippen LogP contribution in [0.3, 0.4) is 0 Å². The Bertz CT molecular complexity index is 308. The van der Waals surface area contributed by atoms with Crippen LogP contribution in [0.2, 0.25) is 5.15 Å². The third-order valence-electron chi connectivity index (χ3n) is 2.49. The molecule has 0 saturated carbocycles. The number of hydrogen-bond acceptors (Lipinski definition) is 2. The van der Waals surface area contributed by atoms with Crippen molar-refractivity contribution in [2.75, 3.05) is 0 Å². The monoisotopic (exact) mass is 238 g/mol. The van der Waals surface area contributed by atoms with Crippen LogP contribution in [0.25, 0.3) is 0 Å². The van der Waals surface area contributed by atoms with Gasteiger partial charge in [0.05, 0.1) is 0 Å². The van der Waals surface area contributed by atoms with Crippen molar-refractivity contribution in [1.29, 1.82) is 0 Å². The molecule has 0 aliphatic heterocycles. The van der Waals surface area contributed by atoms with Crippen LogP contribution in [0.5, 0.6) is 0 Å². The van der Waals surface area contributed by atoms with E-state index in [9.17, 15) is 0 Å². The molecule has 1 aromatic heterocycles. The highest BCUT2D eigenvalue weighted by atomic mass is 35.5. The molecule has 88 valence electrons. The molecule has 0 spiro atoms. The summed E-state index contributed by atoms with van der Waals surface area (Å²) in [4.78, 5) is 4.04. The molecule has 0 radical (unpaired) electrons. The van der Waals surface area contributed by atoms with Gasteiger partial charge in [0.2, 0.25) is 0 Å². The predicted octanol–water partition coefficient (Wildman–Crippen LogP) is 3.57. The number of nitrogens with one attached hydrogen (secondary N) is 1. The number of allylic oxidation sites excluding steroid dienone is 1. The van der Waals surface area contributed by atoms with Gasteiger partial charge in [-0.05, 0) is 37.8 Å². The van der Waals surface area contributed by atoms with Crippen molar-refractivity contribution in [3.63, 3.8) is 0 Å². The van der Waals surface area contributed by atoms with E-state index in [1.165, 1.54) is 18.4 Å². The molecule has 16 heavy (non-hydrogen) atoms. The van der Waals surface area contributed by atoms with Gasteiger partial charge in [-0.15, -0.1) is 6.58 Å². The SMILES string of the molecule is C=CCCCC(C)NCc1ccc(Cl)nc1. The van der Waals surface area contributed by atoms with E-state index in [1.54, 1.807) is 0 Å². The van der Waals surface area contributed by atoms with Gasteiger partial charge in [0.15, 0.2) is 0 Å². The average molecular weight is 239 g/mol. The van der Waals surface area contributed by atoms with E-state index in [2.05, 4.69) is 23.8 Å². The fourth-order valence-electron chi connectivity index (χ4n) is 1.47. The lowest BCUT2D eigenvalue weighted by molar-refractivity contribution is 0.500. The molecule has 0 amide bonds. The molecule has 0 saturated heterocycles. The molecule has 1 unspecified atom stereocenters. The van der Waals surface area contributed by atoms with Crippen LogP contribution >= 0.6 is 11.6 Å². The molecule has 0 aliphatic rings. The Morgan fingerprint density at radius 3 is 3.00 bits per heavy atom. The van der Waals surface area contributed by atoms with Gasteiger partial charge in [-0.1, -0.05) is 23.7 Å². The van der Waals surface area contributed by atoms with Gasteiger partial charge in [0.25, 0.3) is 0 Å². The van der Waals surface area contributed by atoms with E-state index in [4.69, 9.17) is 11.6 Å². The molecule has 0 fully saturated rings. The van der Waals surface area contributed by atoms with Gasteiger partial charge in [-0.25, -0.2) is 4.98 Å². The summed E-state index contributed by atoms with van der Waals surface area (Å²) in [5, 5.41) is 4.00. The molecule has 1 heterocycles. The third-order valence-corrected chi connectivity index (χ3v) is 2.71. The summed E-state index contributed by atoms with van der Waals surface area (Å²) in [6.07, 6.45) is 7.24. The molecular weight excluding hydrogens is 220 g/mol. The topological polar surface area (TPSA) is 24.9 Å². The number of rotatable bonds is 7. The lowest BCUT2D eigenvalue weighted by Gasteiger charge is -2.12. The Labute approximate surface area is 103 Å². The Morgan fingerprint density at radius 1 is 1.56 bits per heavy atom. The van der Waals surface area contributed by atoms with E-state index in [1.807, 2.05) is 24.4 Å². The van der Waals surface area contributed by atoms with Crippen LogP contribution in [0.4, 0.5) is 0 Å². The van der Waals surface area contributed by atoms with Crippen molar-refractivity contribution in [2.24, 2.45) is 0 Å². The zero-order chi connectivity index (χ0) is 11.8. The number of pyridine rings is 1. The van der Waals surface area contributed by atoms with Crippen LogP contribution in [0.1, 0.15) is 31.7 Å². The van der Waals surface area contributed by atoms with Gasteiger partial charge < -0.3 is 5.32 Å². The molecule has 0 aliphatic carbocycles. The standard InChI is InChI=1S/C13H19ClN2/c1-3-4-5-6-11(2)15-9-12-7-8-13(14)16-10-12/h3,7-8,10-11,15H,1,4-6,9H2,2H3. The smallest absolute Gasteiger partial charge is 0.129 e. The molecule has 2 nitrogen and oxygen atoms in total. The number of nitrogens with zero attached hydrogens (tertiary/aromatic N) is 1.